The van der Waals surface area contributed by atoms with Gasteiger partial charge in [0, 0.05) is 18.2 Å². The van der Waals surface area contributed by atoms with Crippen LogP contribution in [0.15, 0.2) is 47.6 Å². The molecule has 1 aliphatic rings. The fourth-order valence-corrected chi connectivity index (χ4v) is 2.61. The molecule has 0 aromatic heterocycles. The van der Waals surface area contributed by atoms with E-state index >= 15 is 0 Å². The topological polar surface area (TPSA) is 78.4 Å². The fourth-order valence-electron chi connectivity index (χ4n) is 2.61. The van der Waals surface area contributed by atoms with Gasteiger partial charge in [-0.2, -0.15) is 0 Å². The van der Waals surface area contributed by atoms with Crippen LogP contribution in [0.4, 0.5) is 5.69 Å². The molecular formula is C19H20N2O5. The Morgan fingerprint density at radius 2 is 1.77 bits per heavy atom. The summed E-state index contributed by atoms with van der Waals surface area (Å²) in [7, 11) is 4.71. The number of methoxy groups -OCH3 is 3. The number of benzene rings is 2. The first-order chi connectivity index (χ1) is 12.6. The number of nitrogens with one attached hydrogen (secondary N) is 1. The molecular weight excluding hydrogens is 336 g/mol. The first kappa shape index (κ1) is 17.6. The minimum absolute atomic E-state index is 0.274. The van der Waals surface area contributed by atoms with E-state index in [-0.39, 0.29) is 5.91 Å². The summed E-state index contributed by atoms with van der Waals surface area (Å²) in [6, 6.07) is 12.6. The number of ether oxygens (including phenoxy) is 3. The SMILES string of the molecule is COc1ccc(C2=NO[C@H](C(=O)Nc3ccc(OC)c(OC)c3)C2)cc1. The maximum absolute atomic E-state index is 12.4. The summed E-state index contributed by atoms with van der Waals surface area (Å²) in [5.41, 5.74) is 2.21. The smallest absolute Gasteiger partial charge is 0.268 e. The van der Waals surface area contributed by atoms with Crippen molar-refractivity contribution in [1.82, 2.24) is 0 Å². The molecule has 0 aliphatic carbocycles. The summed E-state index contributed by atoms with van der Waals surface area (Å²) in [6.07, 6.45) is -0.286. The first-order valence-corrected chi connectivity index (χ1v) is 8.04. The number of nitrogens with zero attached hydrogens (tertiary/aromatic N) is 1. The van der Waals surface area contributed by atoms with E-state index in [2.05, 4.69) is 10.5 Å². The molecule has 0 fully saturated rings. The summed E-state index contributed by atoms with van der Waals surface area (Å²) in [5, 5.41) is 6.84. The maximum atomic E-state index is 12.4. The van der Waals surface area contributed by atoms with Gasteiger partial charge in [0.05, 0.1) is 27.0 Å². The normalized spacial score (nSPS) is 15.7. The highest BCUT2D eigenvalue weighted by atomic mass is 16.6. The summed E-state index contributed by atoms with van der Waals surface area (Å²) in [6.45, 7) is 0. The molecule has 1 aliphatic heterocycles. The van der Waals surface area contributed by atoms with Gasteiger partial charge >= 0.3 is 0 Å². The molecule has 1 N–H and O–H groups in total. The van der Waals surface area contributed by atoms with Crippen molar-refractivity contribution in [2.24, 2.45) is 5.16 Å². The minimum atomic E-state index is -0.680. The van der Waals surface area contributed by atoms with Crippen LogP contribution in [0, 0.1) is 0 Å². The molecule has 0 saturated heterocycles. The highest BCUT2D eigenvalue weighted by molar-refractivity contribution is 6.06. The molecule has 0 unspecified atom stereocenters. The Hall–Kier alpha value is -3.22. The minimum Gasteiger partial charge on any atom is -0.497 e. The zero-order valence-electron chi connectivity index (χ0n) is 14.8. The largest absolute Gasteiger partial charge is 0.497 e. The Labute approximate surface area is 151 Å². The molecule has 1 atom stereocenters. The van der Waals surface area contributed by atoms with E-state index in [1.54, 1.807) is 39.5 Å². The lowest BCUT2D eigenvalue weighted by atomic mass is 10.0. The Kier molecular flexibility index (Phi) is 5.26. The molecule has 0 radical (unpaired) electrons. The van der Waals surface area contributed by atoms with Gasteiger partial charge in [-0.1, -0.05) is 5.16 Å². The van der Waals surface area contributed by atoms with E-state index in [4.69, 9.17) is 19.0 Å². The molecule has 136 valence electrons. The lowest BCUT2D eigenvalue weighted by Gasteiger charge is -2.12. The van der Waals surface area contributed by atoms with Gasteiger partial charge in [0.2, 0.25) is 6.10 Å². The van der Waals surface area contributed by atoms with Gasteiger partial charge in [0.25, 0.3) is 5.91 Å². The van der Waals surface area contributed by atoms with Gasteiger partial charge in [-0.15, -0.1) is 0 Å². The van der Waals surface area contributed by atoms with Crippen LogP contribution in [0.1, 0.15) is 12.0 Å². The molecule has 2 aromatic carbocycles. The van der Waals surface area contributed by atoms with Crippen molar-refractivity contribution >= 4 is 17.3 Å². The Morgan fingerprint density at radius 1 is 1.04 bits per heavy atom. The van der Waals surface area contributed by atoms with Crippen LogP contribution in [-0.4, -0.2) is 39.1 Å². The highest BCUT2D eigenvalue weighted by Crippen LogP contribution is 2.30. The quantitative estimate of drug-likeness (QED) is 0.861. The Morgan fingerprint density at radius 3 is 2.42 bits per heavy atom. The number of oxime groups is 1. The fraction of sp³-hybridized carbons (Fsp3) is 0.263. The average molecular weight is 356 g/mol. The third-order valence-corrected chi connectivity index (χ3v) is 4.04. The Balaban J connectivity index is 1.63. The molecule has 26 heavy (non-hydrogen) atoms. The predicted octanol–water partition coefficient (Wildman–Crippen LogP) is 2.84. The van der Waals surface area contributed by atoms with Crippen molar-refractivity contribution in [3.05, 3.63) is 48.0 Å². The van der Waals surface area contributed by atoms with Crippen LogP contribution in [0.5, 0.6) is 17.2 Å². The van der Waals surface area contributed by atoms with Gasteiger partial charge in [-0.25, -0.2) is 0 Å². The van der Waals surface area contributed by atoms with E-state index in [9.17, 15) is 4.79 Å². The number of hydrogen-bond donors (Lipinski definition) is 1. The van der Waals surface area contributed by atoms with Crippen LogP contribution in [-0.2, 0) is 9.63 Å². The van der Waals surface area contributed by atoms with E-state index in [0.29, 0.717) is 23.6 Å². The molecule has 1 amide bonds. The van der Waals surface area contributed by atoms with Crippen molar-refractivity contribution < 1.29 is 23.8 Å². The van der Waals surface area contributed by atoms with Gasteiger partial charge in [-0.3, -0.25) is 4.79 Å². The van der Waals surface area contributed by atoms with Crippen LogP contribution < -0.4 is 19.5 Å². The molecule has 0 spiro atoms. The lowest BCUT2D eigenvalue weighted by molar-refractivity contribution is -0.125. The number of amides is 1. The van der Waals surface area contributed by atoms with E-state index in [0.717, 1.165) is 17.0 Å². The zero-order chi connectivity index (χ0) is 18.5. The number of carbonyl (C=O) groups is 1. The van der Waals surface area contributed by atoms with Gasteiger partial charge in [-0.05, 0) is 42.0 Å². The van der Waals surface area contributed by atoms with Crippen molar-refractivity contribution in [2.45, 2.75) is 12.5 Å². The third kappa shape index (κ3) is 3.72. The molecule has 3 rings (SSSR count). The monoisotopic (exact) mass is 356 g/mol. The van der Waals surface area contributed by atoms with E-state index < -0.39 is 6.10 Å². The van der Waals surface area contributed by atoms with Crippen LogP contribution in [0.2, 0.25) is 0 Å². The van der Waals surface area contributed by atoms with E-state index in [1.807, 2.05) is 24.3 Å². The van der Waals surface area contributed by atoms with Crippen molar-refractivity contribution in [2.75, 3.05) is 26.6 Å². The molecule has 7 heteroatoms. The van der Waals surface area contributed by atoms with Crippen molar-refractivity contribution in [1.29, 1.82) is 0 Å². The Bertz CT molecular complexity index is 817. The van der Waals surface area contributed by atoms with E-state index in [1.165, 1.54) is 0 Å². The number of anilines is 1. The van der Waals surface area contributed by atoms with Crippen LogP contribution >= 0.6 is 0 Å². The highest BCUT2D eigenvalue weighted by Gasteiger charge is 2.29. The number of hydrogen-bond acceptors (Lipinski definition) is 6. The van der Waals surface area contributed by atoms with Gasteiger partial charge in [0.1, 0.15) is 5.75 Å². The predicted molar refractivity (Wildman–Crippen MR) is 97.2 cm³/mol. The molecule has 0 bridgehead atoms. The second-order valence-electron chi connectivity index (χ2n) is 5.62. The number of carbonyl (C=O) groups excluding carboxylic acids is 1. The van der Waals surface area contributed by atoms with Crippen molar-refractivity contribution in [3.63, 3.8) is 0 Å². The molecule has 0 saturated carbocycles. The van der Waals surface area contributed by atoms with Crippen LogP contribution in [0.3, 0.4) is 0 Å². The first-order valence-electron chi connectivity index (χ1n) is 8.04. The second kappa shape index (κ2) is 7.77. The van der Waals surface area contributed by atoms with Crippen molar-refractivity contribution in [3.8, 4) is 17.2 Å². The molecule has 1 heterocycles. The summed E-state index contributed by atoms with van der Waals surface area (Å²) >= 11 is 0. The molecule has 2 aromatic rings. The van der Waals surface area contributed by atoms with Gasteiger partial charge < -0.3 is 24.4 Å². The summed E-state index contributed by atoms with van der Waals surface area (Å²) in [5.74, 6) is 1.61. The zero-order valence-corrected chi connectivity index (χ0v) is 14.8. The standard InChI is InChI=1S/C19H20N2O5/c1-23-14-7-4-12(5-8-14)15-11-18(26-21-15)19(22)20-13-6-9-16(24-2)17(10-13)25-3/h4-10,18H,11H2,1-3H3,(H,20,22)/t18-/m0/s1. The summed E-state index contributed by atoms with van der Waals surface area (Å²) in [4.78, 5) is 17.7. The average Bonchev–Trinajstić information content (AvgIpc) is 3.18. The van der Waals surface area contributed by atoms with Crippen LogP contribution in [0.25, 0.3) is 0 Å². The third-order valence-electron chi connectivity index (χ3n) is 4.04. The maximum Gasteiger partial charge on any atom is 0.268 e. The molecule has 7 nitrogen and oxygen atoms in total. The number of rotatable bonds is 6. The second-order valence-corrected chi connectivity index (χ2v) is 5.62. The van der Waals surface area contributed by atoms with Gasteiger partial charge in [0.15, 0.2) is 11.5 Å². The summed E-state index contributed by atoms with van der Waals surface area (Å²) < 4.78 is 15.6. The lowest BCUT2D eigenvalue weighted by Crippen LogP contribution is -2.28.